The van der Waals surface area contributed by atoms with Gasteiger partial charge in [-0.25, -0.2) is 4.98 Å². The summed E-state index contributed by atoms with van der Waals surface area (Å²) in [5.74, 6) is 1.26. The zero-order valence-electron chi connectivity index (χ0n) is 26.4. The Morgan fingerprint density at radius 3 is 2.19 bits per heavy atom. The third-order valence-electron chi connectivity index (χ3n) is 8.19. The predicted molar refractivity (Wildman–Crippen MR) is 177 cm³/mol. The SMILES string of the molecule is CCOC(C)(c1cccc(OCCCN(Cc2cccc(C(F)(F)F)c2Cl)CC(c2ccccc2)c2ccccc2)c1)c1ncn[nH]1. The van der Waals surface area contributed by atoms with Crippen molar-refractivity contribution >= 4 is 11.6 Å². The molecular formula is C37H38ClF3N4O2. The minimum Gasteiger partial charge on any atom is -0.494 e. The molecule has 0 amide bonds. The molecule has 5 rings (SSSR count). The number of benzene rings is 4. The van der Waals surface area contributed by atoms with Crippen LogP contribution < -0.4 is 4.74 Å². The molecule has 0 saturated heterocycles. The quantitative estimate of drug-likeness (QED) is 0.114. The van der Waals surface area contributed by atoms with Crippen molar-refractivity contribution in [1.29, 1.82) is 0 Å². The topological polar surface area (TPSA) is 63.3 Å². The standard InChI is InChI=1S/C37H38ClF3N4O2/c1-3-47-36(2,35-42-26-43-44-35)30-18-11-19-31(23-30)46-22-12-21-45(24-29-17-10-20-33(34(29)38)37(39,40)41)25-32(27-13-6-4-7-14-27)28-15-8-5-9-16-28/h4-11,13-20,23,26,32H,3,12,21-22,24-25H2,1-2H3,(H,42,43,44). The molecule has 0 bridgehead atoms. The summed E-state index contributed by atoms with van der Waals surface area (Å²) < 4.78 is 53.5. The molecule has 1 N–H and O–H groups in total. The molecule has 10 heteroatoms. The van der Waals surface area contributed by atoms with Gasteiger partial charge in [-0.05, 0) is 60.7 Å². The van der Waals surface area contributed by atoms with Crippen LogP contribution in [0.4, 0.5) is 13.2 Å². The maximum atomic E-state index is 13.7. The number of alkyl halides is 3. The first-order valence-corrected chi connectivity index (χ1v) is 16.0. The minimum atomic E-state index is -4.54. The summed E-state index contributed by atoms with van der Waals surface area (Å²) in [6.45, 7) is 6.11. The average molecular weight is 663 g/mol. The second kappa shape index (κ2) is 15.6. The Morgan fingerprint density at radius 2 is 1.57 bits per heavy atom. The van der Waals surface area contributed by atoms with Crippen LogP contribution in [0, 0.1) is 0 Å². The van der Waals surface area contributed by atoms with E-state index in [1.807, 2.05) is 74.5 Å². The van der Waals surface area contributed by atoms with Crippen LogP contribution in [0.2, 0.25) is 5.02 Å². The molecule has 1 aromatic heterocycles. The van der Waals surface area contributed by atoms with E-state index in [-0.39, 0.29) is 17.5 Å². The molecule has 0 aliphatic rings. The lowest BCUT2D eigenvalue weighted by atomic mass is 9.90. The van der Waals surface area contributed by atoms with Gasteiger partial charge in [0.05, 0.1) is 17.2 Å². The van der Waals surface area contributed by atoms with Crippen LogP contribution in [0.25, 0.3) is 0 Å². The van der Waals surface area contributed by atoms with E-state index < -0.39 is 17.3 Å². The average Bonchev–Trinajstić information content (AvgIpc) is 3.63. The molecule has 5 aromatic rings. The zero-order chi connectivity index (χ0) is 33.3. The number of ether oxygens (including phenoxy) is 2. The molecule has 0 saturated carbocycles. The number of nitrogens with one attached hydrogen (secondary N) is 1. The fraction of sp³-hybridized carbons (Fsp3) is 0.297. The summed E-state index contributed by atoms with van der Waals surface area (Å²) >= 11 is 6.37. The monoisotopic (exact) mass is 662 g/mol. The summed E-state index contributed by atoms with van der Waals surface area (Å²) in [6, 6.07) is 32.1. The van der Waals surface area contributed by atoms with Crippen molar-refractivity contribution in [2.45, 2.75) is 44.5 Å². The van der Waals surface area contributed by atoms with E-state index in [0.29, 0.717) is 49.9 Å². The fourth-order valence-corrected chi connectivity index (χ4v) is 6.09. The van der Waals surface area contributed by atoms with Crippen LogP contribution in [-0.4, -0.2) is 46.4 Å². The summed E-state index contributed by atoms with van der Waals surface area (Å²) in [7, 11) is 0. The predicted octanol–water partition coefficient (Wildman–Crippen LogP) is 8.88. The van der Waals surface area contributed by atoms with Crippen LogP contribution in [0.15, 0.2) is 109 Å². The van der Waals surface area contributed by atoms with Gasteiger partial charge in [0.1, 0.15) is 17.7 Å². The van der Waals surface area contributed by atoms with Gasteiger partial charge in [0.15, 0.2) is 5.82 Å². The number of aromatic amines is 1. The van der Waals surface area contributed by atoms with E-state index >= 15 is 0 Å². The van der Waals surface area contributed by atoms with Gasteiger partial charge in [-0.2, -0.15) is 18.3 Å². The van der Waals surface area contributed by atoms with Crippen molar-refractivity contribution < 1.29 is 22.6 Å². The van der Waals surface area contributed by atoms with Gasteiger partial charge in [0.25, 0.3) is 0 Å². The highest BCUT2D eigenvalue weighted by atomic mass is 35.5. The highest BCUT2D eigenvalue weighted by molar-refractivity contribution is 6.32. The molecular weight excluding hydrogens is 625 g/mol. The second-order valence-corrected chi connectivity index (χ2v) is 11.8. The molecule has 0 spiro atoms. The van der Waals surface area contributed by atoms with Gasteiger partial charge in [0.2, 0.25) is 0 Å². The van der Waals surface area contributed by atoms with Crippen molar-refractivity contribution in [2.24, 2.45) is 0 Å². The molecule has 4 aromatic carbocycles. The molecule has 0 fully saturated rings. The van der Waals surface area contributed by atoms with Crippen LogP contribution in [0.1, 0.15) is 59.8 Å². The second-order valence-electron chi connectivity index (χ2n) is 11.4. The number of rotatable bonds is 15. The van der Waals surface area contributed by atoms with Crippen LogP contribution in [-0.2, 0) is 23.1 Å². The normalized spacial score (nSPS) is 13.2. The Morgan fingerprint density at radius 1 is 0.894 bits per heavy atom. The molecule has 1 unspecified atom stereocenters. The minimum absolute atomic E-state index is 0.00749. The molecule has 0 radical (unpaired) electrons. The molecule has 0 aliphatic heterocycles. The third kappa shape index (κ3) is 8.60. The summed E-state index contributed by atoms with van der Waals surface area (Å²) in [4.78, 5) is 6.48. The Balaban J connectivity index is 1.35. The number of hydrogen-bond donors (Lipinski definition) is 1. The van der Waals surface area contributed by atoms with Gasteiger partial charge in [-0.15, -0.1) is 0 Å². The third-order valence-corrected chi connectivity index (χ3v) is 8.64. The van der Waals surface area contributed by atoms with Crippen molar-refractivity contribution in [3.05, 3.63) is 148 Å². The largest absolute Gasteiger partial charge is 0.494 e. The van der Waals surface area contributed by atoms with Gasteiger partial charge in [-0.3, -0.25) is 10.00 Å². The van der Waals surface area contributed by atoms with Crippen LogP contribution in [0.3, 0.4) is 0 Å². The van der Waals surface area contributed by atoms with E-state index in [0.717, 1.165) is 22.8 Å². The van der Waals surface area contributed by atoms with Crippen molar-refractivity contribution in [1.82, 2.24) is 20.1 Å². The maximum absolute atomic E-state index is 13.7. The summed E-state index contributed by atoms with van der Waals surface area (Å²) in [5, 5.41) is 6.64. The fourth-order valence-electron chi connectivity index (χ4n) is 5.80. The van der Waals surface area contributed by atoms with Gasteiger partial charge < -0.3 is 9.47 Å². The smallest absolute Gasteiger partial charge is 0.417 e. The summed E-state index contributed by atoms with van der Waals surface area (Å²) in [6.07, 6.45) is -2.46. The molecule has 246 valence electrons. The maximum Gasteiger partial charge on any atom is 0.417 e. The molecule has 1 heterocycles. The highest BCUT2D eigenvalue weighted by Gasteiger charge is 2.35. The first-order chi connectivity index (χ1) is 22.7. The first kappa shape index (κ1) is 34.2. The Kier molecular flexibility index (Phi) is 11.3. The van der Waals surface area contributed by atoms with Crippen molar-refractivity contribution in [3.63, 3.8) is 0 Å². The van der Waals surface area contributed by atoms with Crippen molar-refractivity contribution in [3.8, 4) is 5.75 Å². The molecule has 0 aliphatic carbocycles. The van der Waals surface area contributed by atoms with Crippen LogP contribution in [0.5, 0.6) is 5.75 Å². The van der Waals surface area contributed by atoms with E-state index in [4.69, 9.17) is 21.1 Å². The Labute approximate surface area is 278 Å². The first-order valence-electron chi connectivity index (χ1n) is 15.6. The zero-order valence-corrected chi connectivity index (χ0v) is 27.1. The number of nitrogens with zero attached hydrogens (tertiary/aromatic N) is 3. The molecule has 1 atom stereocenters. The van der Waals surface area contributed by atoms with Gasteiger partial charge >= 0.3 is 6.18 Å². The van der Waals surface area contributed by atoms with Gasteiger partial charge in [-0.1, -0.05) is 96.5 Å². The molecule has 6 nitrogen and oxygen atoms in total. The highest BCUT2D eigenvalue weighted by Crippen LogP contribution is 2.37. The number of aromatic nitrogens is 3. The Hall–Kier alpha value is -4.18. The number of hydrogen-bond acceptors (Lipinski definition) is 5. The van der Waals surface area contributed by atoms with E-state index in [9.17, 15) is 13.2 Å². The van der Waals surface area contributed by atoms with E-state index in [1.54, 1.807) is 6.07 Å². The lowest BCUT2D eigenvalue weighted by Gasteiger charge is -2.29. The van der Waals surface area contributed by atoms with Crippen LogP contribution >= 0.6 is 11.6 Å². The van der Waals surface area contributed by atoms with Gasteiger partial charge in [0, 0.05) is 32.2 Å². The van der Waals surface area contributed by atoms with Crippen molar-refractivity contribution in [2.75, 3.05) is 26.3 Å². The number of halogens is 4. The number of H-pyrrole nitrogens is 1. The Bertz CT molecular complexity index is 1650. The summed E-state index contributed by atoms with van der Waals surface area (Å²) in [5.41, 5.74) is 1.87. The van der Waals surface area contributed by atoms with E-state index in [2.05, 4.69) is 44.3 Å². The molecule has 47 heavy (non-hydrogen) atoms. The lowest BCUT2D eigenvalue weighted by molar-refractivity contribution is -0.137. The van der Waals surface area contributed by atoms with E-state index in [1.165, 1.54) is 12.4 Å². The lowest BCUT2D eigenvalue weighted by Crippen LogP contribution is -2.31.